The monoisotopic (exact) mass is 680 g/mol. The van der Waals surface area contributed by atoms with Gasteiger partial charge in [-0.3, -0.25) is 9.59 Å². The van der Waals surface area contributed by atoms with Crippen LogP contribution in [0.2, 0.25) is 0 Å². The third-order valence-corrected chi connectivity index (χ3v) is 12.5. The first-order valence-electron chi connectivity index (χ1n) is 18.7. The summed E-state index contributed by atoms with van der Waals surface area (Å²) in [7, 11) is -3.60. The zero-order valence-corrected chi connectivity index (χ0v) is 30.2. The molecule has 0 aromatic rings. The number of carbonyl (C=O) groups excluding carboxylic acids is 2. The number of hydrogen-bond acceptors (Lipinski definition) is 7. The highest BCUT2D eigenvalue weighted by molar-refractivity contribution is 7.90. The Morgan fingerprint density at radius 1 is 0.894 bits per heavy atom. The Balaban J connectivity index is 1.77. The molecule has 3 saturated carbocycles. The van der Waals surface area contributed by atoms with Crippen LogP contribution in [0.15, 0.2) is 0 Å². The first kappa shape index (κ1) is 39.7. The average molecular weight is 681 g/mol. The van der Waals surface area contributed by atoms with E-state index in [1.807, 2.05) is 11.8 Å². The predicted molar refractivity (Wildman–Crippen MR) is 186 cm³/mol. The van der Waals surface area contributed by atoms with Crippen molar-refractivity contribution in [3.8, 4) is 12.3 Å². The van der Waals surface area contributed by atoms with Crippen LogP contribution in [0.4, 0.5) is 0 Å². The number of sulfonamides is 1. The van der Waals surface area contributed by atoms with E-state index in [-0.39, 0.29) is 42.2 Å². The van der Waals surface area contributed by atoms with E-state index in [9.17, 15) is 28.2 Å². The Kier molecular flexibility index (Phi) is 17.0. The highest BCUT2D eigenvalue weighted by atomic mass is 32.2. The number of rotatable bonds is 18. The Morgan fingerprint density at radius 3 is 2.13 bits per heavy atom. The molecule has 3 fully saturated rings. The van der Waals surface area contributed by atoms with Gasteiger partial charge < -0.3 is 20.4 Å². The van der Waals surface area contributed by atoms with Crippen LogP contribution >= 0.6 is 0 Å². The summed E-state index contributed by atoms with van der Waals surface area (Å²) in [4.78, 5) is 32.2. The summed E-state index contributed by atoms with van der Waals surface area (Å²) < 4.78 is 26.7. The maximum absolute atomic E-state index is 14.0. The highest BCUT2D eigenvalue weighted by Crippen LogP contribution is 2.35. The largest absolute Gasteiger partial charge is 0.393 e. The van der Waals surface area contributed by atoms with E-state index in [4.69, 9.17) is 6.42 Å². The molecule has 0 aromatic carbocycles. The van der Waals surface area contributed by atoms with Crippen molar-refractivity contribution < 1.29 is 28.2 Å². The van der Waals surface area contributed by atoms with Crippen LogP contribution < -0.4 is 10.1 Å². The van der Waals surface area contributed by atoms with Gasteiger partial charge in [0.05, 0.1) is 23.5 Å². The standard InChI is InChI=1S/C36H64N4O6S/c1-5-9-21-40(38-47(45,46)32-13-11-10-12-14-32)26-34(42)33(24-28-15-17-31(41)18-16-28)37-35(43)29-22-27(8-4)23-30(25-29)36(44)39(19-6-2)20-7-3/h4,27-34,38,41-42H,5-7,9-26H2,1-3H3,(H,37,43). The molecule has 0 spiro atoms. The van der Waals surface area contributed by atoms with Gasteiger partial charge in [0.1, 0.15) is 0 Å². The van der Waals surface area contributed by atoms with Crippen LogP contribution in [0.25, 0.3) is 0 Å². The molecule has 10 nitrogen and oxygen atoms in total. The third kappa shape index (κ3) is 12.6. The Labute approximate surface area is 285 Å². The molecule has 47 heavy (non-hydrogen) atoms. The first-order chi connectivity index (χ1) is 22.5. The fourth-order valence-electron chi connectivity index (χ4n) is 7.86. The number of hydrazine groups is 1. The van der Waals surface area contributed by atoms with E-state index in [1.165, 1.54) is 0 Å². The number of aliphatic hydroxyl groups excluding tert-OH is 2. The van der Waals surface area contributed by atoms with Crippen LogP contribution in [-0.2, 0) is 19.6 Å². The second-order valence-electron chi connectivity index (χ2n) is 14.6. The molecule has 0 aromatic heterocycles. The lowest BCUT2D eigenvalue weighted by Gasteiger charge is -2.37. The maximum atomic E-state index is 14.0. The van der Waals surface area contributed by atoms with Gasteiger partial charge in [0.25, 0.3) is 0 Å². The summed E-state index contributed by atoms with van der Waals surface area (Å²) in [5.74, 6) is 1.96. The minimum Gasteiger partial charge on any atom is -0.393 e. The molecule has 5 unspecified atom stereocenters. The molecule has 3 rings (SSSR count). The predicted octanol–water partition coefficient (Wildman–Crippen LogP) is 4.36. The number of aliphatic hydroxyl groups is 2. The van der Waals surface area contributed by atoms with Crippen molar-refractivity contribution in [1.29, 1.82) is 0 Å². The van der Waals surface area contributed by atoms with Crippen molar-refractivity contribution in [3.63, 3.8) is 0 Å². The van der Waals surface area contributed by atoms with E-state index in [0.717, 1.165) is 57.8 Å². The van der Waals surface area contributed by atoms with Crippen LogP contribution in [0.1, 0.15) is 130 Å². The quantitative estimate of drug-likeness (QED) is 0.125. The molecule has 0 saturated heterocycles. The number of unbranched alkanes of at least 4 members (excludes halogenated alkanes) is 1. The molecule has 3 aliphatic carbocycles. The Morgan fingerprint density at radius 2 is 1.53 bits per heavy atom. The van der Waals surface area contributed by atoms with E-state index < -0.39 is 33.3 Å². The number of amides is 2. The summed E-state index contributed by atoms with van der Waals surface area (Å²) in [6.07, 6.45) is 17.0. The molecule has 5 atom stereocenters. The minimum atomic E-state index is -3.60. The molecule has 2 amide bonds. The van der Waals surface area contributed by atoms with Crippen LogP contribution in [0.3, 0.4) is 0 Å². The number of nitrogens with one attached hydrogen (secondary N) is 2. The van der Waals surface area contributed by atoms with Crippen LogP contribution in [-0.4, -0.2) is 90.0 Å². The normalized spacial score (nSPS) is 27.1. The van der Waals surface area contributed by atoms with E-state index in [0.29, 0.717) is 71.0 Å². The highest BCUT2D eigenvalue weighted by Gasteiger charge is 2.39. The second-order valence-corrected chi connectivity index (χ2v) is 16.5. The van der Waals surface area contributed by atoms with E-state index in [2.05, 4.69) is 29.9 Å². The van der Waals surface area contributed by atoms with E-state index >= 15 is 0 Å². The average Bonchev–Trinajstić information content (AvgIpc) is 3.07. The Bertz CT molecular complexity index is 1090. The lowest BCUT2D eigenvalue weighted by molar-refractivity contribution is -0.139. The smallest absolute Gasteiger partial charge is 0.227 e. The van der Waals surface area contributed by atoms with Gasteiger partial charge in [0.2, 0.25) is 21.8 Å². The molecule has 0 aliphatic heterocycles. The molecule has 0 radical (unpaired) electrons. The summed E-state index contributed by atoms with van der Waals surface area (Å²) in [5, 5.41) is 26.2. The van der Waals surface area contributed by atoms with Gasteiger partial charge in [-0.1, -0.05) is 46.5 Å². The van der Waals surface area contributed by atoms with Crippen LogP contribution in [0.5, 0.6) is 0 Å². The van der Waals surface area contributed by atoms with Gasteiger partial charge in [0, 0.05) is 43.9 Å². The van der Waals surface area contributed by atoms with Gasteiger partial charge in [-0.25, -0.2) is 13.4 Å². The van der Waals surface area contributed by atoms with Gasteiger partial charge in [-0.05, 0) is 89.4 Å². The maximum Gasteiger partial charge on any atom is 0.227 e. The fraction of sp³-hybridized carbons (Fsp3) is 0.889. The van der Waals surface area contributed by atoms with Crippen molar-refractivity contribution in [2.45, 2.75) is 153 Å². The first-order valence-corrected chi connectivity index (χ1v) is 20.2. The summed E-state index contributed by atoms with van der Waals surface area (Å²) >= 11 is 0. The minimum absolute atomic E-state index is 0.0496. The van der Waals surface area contributed by atoms with Gasteiger partial charge in [-0.15, -0.1) is 17.2 Å². The fourth-order valence-corrected chi connectivity index (χ4v) is 9.49. The summed E-state index contributed by atoms with van der Waals surface area (Å²) in [5.41, 5.74) is 0. The zero-order valence-electron chi connectivity index (χ0n) is 29.4. The number of terminal acetylenes is 1. The van der Waals surface area contributed by atoms with Gasteiger partial charge >= 0.3 is 0 Å². The van der Waals surface area contributed by atoms with Gasteiger partial charge in [0.15, 0.2) is 0 Å². The topological polar surface area (TPSA) is 139 Å². The molecule has 0 heterocycles. The van der Waals surface area contributed by atoms with Crippen molar-refractivity contribution in [1.82, 2.24) is 20.1 Å². The molecule has 270 valence electrons. The molecular weight excluding hydrogens is 616 g/mol. The zero-order chi connectivity index (χ0) is 34.4. The molecular formula is C36H64N4O6S. The number of nitrogens with zero attached hydrogens (tertiary/aromatic N) is 2. The number of carbonyl (C=O) groups is 2. The Hall–Kier alpha value is -1.71. The van der Waals surface area contributed by atoms with Crippen molar-refractivity contribution in [2.75, 3.05) is 26.2 Å². The molecule has 11 heteroatoms. The lowest BCUT2D eigenvalue weighted by atomic mass is 9.74. The summed E-state index contributed by atoms with van der Waals surface area (Å²) in [6.45, 7) is 8.03. The second kappa shape index (κ2) is 20.1. The van der Waals surface area contributed by atoms with Crippen molar-refractivity contribution in [2.24, 2.45) is 23.7 Å². The number of hydrogen-bond donors (Lipinski definition) is 4. The van der Waals surface area contributed by atoms with Crippen molar-refractivity contribution >= 4 is 21.8 Å². The van der Waals surface area contributed by atoms with Crippen LogP contribution in [0, 0.1) is 36.0 Å². The third-order valence-electron chi connectivity index (χ3n) is 10.6. The summed E-state index contributed by atoms with van der Waals surface area (Å²) in [6, 6.07) is -0.608. The SMILES string of the molecule is C#CC1CC(C(=O)NC(CC2CCC(O)CC2)C(O)CN(CCCC)NS(=O)(=O)C2CCCCC2)CC(C(=O)N(CCC)CCC)C1. The van der Waals surface area contributed by atoms with E-state index in [1.54, 1.807) is 5.01 Å². The molecule has 0 bridgehead atoms. The van der Waals surface area contributed by atoms with Crippen molar-refractivity contribution in [3.05, 3.63) is 0 Å². The molecule has 3 aliphatic rings. The lowest BCUT2D eigenvalue weighted by Crippen LogP contribution is -2.55. The molecule has 4 N–H and O–H groups in total. The van der Waals surface area contributed by atoms with Gasteiger partial charge in [-0.2, -0.15) is 0 Å².